The van der Waals surface area contributed by atoms with Crippen LogP contribution in [0.1, 0.15) is 27.7 Å². The first-order chi connectivity index (χ1) is 10.4. The lowest BCUT2D eigenvalue weighted by molar-refractivity contribution is 0.00578. The van der Waals surface area contributed by atoms with Crippen LogP contribution in [-0.4, -0.2) is 42.8 Å². The van der Waals surface area contributed by atoms with Crippen molar-refractivity contribution in [1.29, 1.82) is 0 Å². The maximum absolute atomic E-state index is 6.08. The molecule has 0 N–H and O–H groups in total. The molecule has 0 aliphatic carbocycles. The summed E-state index contributed by atoms with van der Waals surface area (Å²) in [4.78, 5) is 0. The first-order valence-electron chi connectivity index (χ1n) is 8.08. The van der Waals surface area contributed by atoms with Crippen molar-refractivity contribution in [3.63, 3.8) is 0 Å². The molecule has 23 heavy (non-hydrogen) atoms. The fourth-order valence-electron chi connectivity index (χ4n) is 2.18. The number of halogens is 1. The SMILES string of the molecule is CC1(C)OB(c2cc(Cl)nn2COCC[Si](C)(C)C)OC1(C)C. The molecule has 5 nitrogen and oxygen atoms in total. The Morgan fingerprint density at radius 1 is 1.22 bits per heavy atom. The van der Waals surface area contributed by atoms with Gasteiger partial charge in [0.25, 0.3) is 0 Å². The van der Waals surface area contributed by atoms with Crippen LogP contribution in [0, 0.1) is 0 Å². The second-order valence-corrected chi connectivity index (χ2v) is 14.3. The average molecular weight is 359 g/mol. The molecule has 2 heterocycles. The van der Waals surface area contributed by atoms with Crippen LogP contribution in [0.15, 0.2) is 6.07 Å². The van der Waals surface area contributed by atoms with Crippen LogP contribution in [0.5, 0.6) is 0 Å². The molecule has 0 amide bonds. The molecular weight excluding hydrogens is 331 g/mol. The van der Waals surface area contributed by atoms with Gasteiger partial charge in [-0.25, -0.2) is 4.68 Å². The van der Waals surface area contributed by atoms with Gasteiger partial charge in [-0.3, -0.25) is 0 Å². The van der Waals surface area contributed by atoms with E-state index in [1.54, 1.807) is 10.7 Å². The Kier molecular flexibility index (Phi) is 5.38. The minimum atomic E-state index is -1.10. The van der Waals surface area contributed by atoms with Crippen LogP contribution >= 0.6 is 11.6 Å². The first-order valence-corrected chi connectivity index (χ1v) is 12.2. The molecular formula is C15H28BClN2O3Si. The molecule has 1 aromatic rings. The molecule has 1 fully saturated rings. The summed E-state index contributed by atoms with van der Waals surface area (Å²) in [6.45, 7) is 16.2. The zero-order valence-electron chi connectivity index (χ0n) is 15.3. The number of hydrogen-bond donors (Lipinski definition) is 0. The molecule has 0 radical (unpaired) electrons. The molecule has 0 saturated carbocycles. The van der Waals surface area contributed by atoms with Crippen molar-refractivity contribution in [2.45, 2.75) is 71.3 Å². The first kappa shape index (κ1) is 19.0. The summed E-state index contributed by atoms with van der Waals surface area (Å²) in [7, 11) is -1.58. The standard InChI is InChI=1S/C15H28BClN2O3Si/c1-14(2)15(3,4)22-16(21-14)12-10-13(17)18-19(12)11-20-8-9-23(5,6)7/h10H,8-9,11H2,1-7H3. The fraction of sp³-hybridized carbons (Fsp3) is 0.800. The van der Waals surface area contributed by atoms with Crippen molar-refractivity contribution in [3.05, 3.63) is 11.2 Å². The lowest BCUT2D eigenvalue weighted by Gasteiger charge is -2.32. The zero-order chi connectivity index (χ0) is 17.5. The van der Waals surface area contributed by atoms with Crippen molar-refractivity contribution in [2.75, 3.05) is 6.61 Å². The second-order valence-electron chi connectivity index (χ2n) is 8.33. The van der Waals surface area contributed by atoms with Crippen LogP contribution in [-0.2, 0) is 20.8 Å². The average Bonchev–Trinajstić information content (AvgIpc) is 2.82. The van der Waals surface area contributed by atoms with Gasteiger partial charge in [0.15, 0.2) is 5.15 Å². The molecule has 130 valence electrons. The molecule has 0 spiro atoms. The molecule has 1 aliphatic heterocycles. The van der Waals surface area contributed by atoms with Gasteiger partial charge in [-0.15, -0.1) is 0 Å². The van der Waals surface area contributed by atoms with E-state index in [1.807, 2.05) is 27.7 Å². The minimum absolute atomic E-state index is 0.358. The normalized spacial score (nSPS) is 20.3. The number of aromatic nitrogens is 2. The van der Waals surface area contributed by atoms with Crippen molar-refractivity contribution < 1.29 is 14.0 Å². The van der Waals surface area contributed by atoms with Crippen molar-refractivity contribution in [1.82, 2.24) is 9.78 Å². The summed E-state index contributed by atoms with van der Waals surface area (Å²) >= 11 is 6.08. The van der Waals surface area contributed by atoms with Gasteiger partial charge in [-0.05, 0) is 39.8 Å². The summed E-state index contributed by atoms with van der Waals surface area (Å²) in [5.41, 5.74) is 0.0113. The number of nitrogens with zero attached hydrogens (tertiary/aromatic N) is 2. The van der Waals surface area contributed by atoms with Gasteiger partial charge in [0.1, 0.15) is 6.73 Å². The zero-order valence-corrected chi connectivity index (χ0v) is 17.0. The largest absolute Gasteiger partial charge is 0.514 e. The Hall–Kier alpha value is -0.338. The van der Waals surface area contributed by atoms with Crippen LogP contribution in [0.3, 0.4) is 0 Å². The molecule has 2 rings (SSSR count). The van der Waals surface area contributed by atoms with Gasteiger partial charge in [0.2, 0.25) is 0 Å². The molecule has 1 saturated heterocycles. The molecule has 1 aliphatic rings. The van der Waals surface area contributed by atoms with Gasteiger partial charge < -0.3 is 14.0 Å². The Bertz CT molecular complexity index is 541. The Morgan fingerprint density at radius 2 is 1.78 bits per heavy atom. The van der Waals surface area contributed by atoms with E-state index in [9.17, 15) is 0 Å². The quantitative estimate of drug-likeness (QED) is 0.579. The molecule has 0 bridgehead atoms. The number of hydrogen-bond acceptors (Lipinski definition) is 4. The molecule has 0 unspecified atom stereocenters. The van der Waals surface area contributed by atoms with E-state index in [0.29, 0.717) is 11.9 Å². The monoisotopic (exact) mass is 358 g/mol. The summed E-state index contributed by atoms with van der Waals surface area (Å²) < 4.78 is 19.7. The smallest absolute Gasteiger partial charge is 0.398 e. The van der Waals surface area contributed by atoms with E-state index >= 15 is 0 Å². The Morgan fingerprint density at radius 3 is 2.30 bits per heavy atom. The number of rotatable bonds is 6. The van der Waals surface area contributed by atoms with Crippen molar-refractivity contribution in [2.24, 2.45) is 0 Å². The van der Waals surface area contributed by atoms with Gasteiger partial charge in [-0.1, -0.05) is 31.2 Å². The van der Waals surface area contributed by atoms with E-state index in [2.05, 4.69) is 24.7 Å². The van der Waals surface area contributed by atoms with E-state index in [0.717, 1.165) is 18.2 Å². The molecule has 1 aromatic heterocycles. The maximum atomic E-state index is 6.08. The fourth-order valence-corrected chi connectivity index (χ4v) is 3.14. The van der Waals surface area contributed by atoms with Crippen molar-refractivity contribution >= 4 is 32.4 Å². The molecule has 0 aromatic carbocycles. The summed E-state index contributed by atoms with van der Waals surface area (Å²) in [6, 6.07) is 2.90. The topological polar surface area (TPSA) is 45.5 Å². The third-order valence-corrected chi connectivity index (χ3v) is 6.37. The van der Waals surface area contributed by atoms with E-state index < -0.39 is 26.4 Å². The van der Waals surface area contributed by atoms with E-state index in [1.165, 1.54) is 0 Å². The second kappa shape index (κ2) is 6.52. The van der Waals surface area contributed by atoms with Gasteiger partial charge in [0, 0.05) is 14.7 Å². The predicted octanol–water partition coefficient (Wildman–Crippen LogP) is 3.15. The Labute approximate surface area is 145 Å². The van der Waals surface area contributed by atoms with Crippen LogP contribution in [0.4, 0.5) is 0 Å². The third kappa shape index (κ3) is 4.60. The molecule has 8 heteroatoms. The summed E-state index contributed by atoms with van der Waals surface area (Å²) in [6.07, 6.45) is 0. The predicted molar refractivity (Wildman–Crippen MR) is 97.1 cm³/mol. The maximum Gasteiger partial charge on any atom is 0.514 e. The summed E-state index contributed by atoms with van der Waals surface area (Å²) in [5.74, 6) is 0. The van der Waals surface area contributed by atoms with Crippen LogP contribution in [0.25, 0.3) is 0 Å². The van der Waals surface area contributed by atoms with E-state index in [4.69, 9.17) is 25.6 Å². The lowest BCUT2D eigenvalue weighted by Crippen LogP contribution is -2.41. The highest BCUT2D eigenvalue weighted by Crippen LogP contribution is 2.36. The van der Waals surface area contributed by atoms with Crippen LogP contribution in [0.2, 0.25) is 30.8 Å². The van der Waals surface area contributed by atoms with Crippen molar-refractivity contribution in [3.8, 4) is 0 Å². The Balaban J connectivity index is 2.04. The highest BCUT2D eigenvalue weighted by molar-refractivity contribution is 6.76. The van der Waals surface area contributed by atoms with Gasteiger partial charge in [-0.2, -0.15) is 5.10 Å². The highest BCUT2D eigenvalue weighted by Gasteiger charge is 2.53. The van der Waals surface area contributed by atoms with Crippen LogP contribution < -0.4 is 5.59 Å². The van der Waals surface area contributed by atoms with Gasteiger partial charge in [0.05, 0.1) is 16.8 Å². The summed E-state index contributed by atoms with van der Waals surface area (Å²) in [5, 5.41) is 4.71. The number of ether oxygens (including phenoxy) is 1. The minimum Gasteiger partial charge on any atom is -0.398 e. The van der Waals surface area contributed by atoms with Gasteiger partial charge >= 0.3 is 7.12 Å². The molecule has 0 atom stereocenters. The lowest BCUT2D eigenvalue weighted by atomic mass is 9.85. The third-order valence-electron chi connectivity index (χ3n) is 4.49. The van der Waals surface area contributed by atoms with E-state index in [-0.39, 0.29) is 0 Å². The highest BCUT2D eigenvalue weighted by atomic mass is 35.5.